The fourth-order valence-electron chi connectivity index (χ4n) is 2.38. The van der Waals surface area contributed by atoms with Crippen LogP contribution in [0.5, 0.6) is 0 Å². The summed E-state index contributed by atoms with van der Waals surface area (Å²) < 4.78 is 0. The molecule has 0 radical (unpaired) electrons. The molecule has 0 atom stereocenters. The summed E-state index contributed by atoms with van der Waals surface area (Å²) in [4.78, 5) is 12.1. The maximum absolute atomic E-state index is 12.1. The number of nitrogens with one attached hydrogen (secondary N) is 2. The van der Waals surface area contributed by atoms with Crippen molar-refractivity contribution in [2.75, 3.05) is 0 Å². The van der Waals surface area contributed by atoms with Crippen LogP contribution in [-0.4, -0.2) is 22.3 Å². The molecule has 3 aromatic rings. The van der Waals surface area contributed by atoms with Gasteiger partial charge in [0.2, 0.25) is 0 Å². The maximum atomic E-state index is 12.1. The minimum absolute atomic E-state index is 0.327. The van der Waals surface area contributed by atoms with Gasteiger partial charge in [-0.3, -0.25) is 9.89 Å². The average molecular weight is 332 g/mol. The first-order valence-electron chi connectivity index (χ1n) is 8.20. The number of aryl methyl sites for hydroxylation is 2. The predicted molar refractivity (Wildman–Crippen MR) is 99.6 cm³/mol. The van der Waals surface area contributed by atoms with E-state index in [9.17, 15) is 4.79 Å². The number of nitrogens with zero attached hydrogens (tertiary/aromatic N) is 2. The Balaban J connectivity index is 1.64. The van der Waals surface area contributed by atoms with Crippen LogP contribution in [0.4, 0.5) is 0 Å². The van der Waals surface area contributed by atoms with Crippen LogP contribution in [-0.2, 0) is 6.42 Å². The standard InChI is InChI=1S/C20H20N4O/c1-3-15-8-10-17(11-9-15)18-12-19(23-22-18)20(25)24-21-13-16-6-4-14(2)5-7-16/h4-13H,3H2,1-2H3,(H,22,23)(H,24,25). The number of aromatic nitrogens is 2. The van der Waals surface area contributed by atoms with Crippen LogP contribution in [0.3, 0.4) is 0 Å². The zero-order valence-electron chi connectivity index (χ0n) is 14.3. The summed E-state index contributed by atoms with van der Waals surface area (Å²) in [6.07, 6.45) is 2.60. The quantitative estimate of drug-likeness (QED) is 0.552. The van der Waals surface area contributed by atoms with E-state index in [4.69, 9.17) is 0 Å². The summed E-state index contributed by atoms with van der Waals surface area (Å²) in [6.45, 7) is 4.14. The lowest BCUT2D eigenvalue weighted by atomic mass is 10.1. The fraction of sp³-hybridized carbons (Fsp3) is 0.150. The Bertz CT molecular complexity index is 877. The van der Waals surface area contributed by atoms with E-state index in [1.807, 2.05) is 43.3 Å². The molecular formula is C20H20N4O. The molecule has 0 spiro atoms. The number of rotatable bonds is 5. The third kappa shape index (κ3) is 4.20. The summed E-state index contributed by atoms with van der Waals surface area (Å²) in [7, 11) is 0. The average Bonchev–Trinajstić information content (AvgIpc) is 3.13. The summed E-state index contributed by atoms with van der Waals surface area (Å²) in [5, 5.41) is 10.9. The van der Waals surface area contributed by atoms with E-state index in [1.165, 1.54) is 11.1 Å². The molecule has 2 N–H and O–H groups in total. The van der Waals surface area contributed by atoms with Crippen molar-refractivity contribution in [3.05, 3.63) is 77.0 Å². The summed E-state index contributed by atoms with van der Waals surface area (Å²) >= 11 is 0. The lowest BCUT2D eigenvalue weighted by Gasteiger charge is -1.98. The monoisotopic (exact) mass is 332 g/mol. The van der Waals surface area contributed by atoms with Crippen molar-refractivity contribution in [1.29, 1.82) is 0 Å². The molecule has 0 saturated carbocycles. The number of H-pyrrole nitrogens is 1. The van der Waals surface area contributed by atoms with Gasteiger partial charge >= 0.3 is 0 Å². The zero-order chi connectivity index (χ0) is 17.6. The third-order valence-corrected chi connectivity index (χ3v) is 3.94. The topological polar surface area (TPSA) is 70.1 Å². The van der Waals surface area contributed by atoms with E-state index < -0.39 is 0 Å². The van der Waals surface area contributed by atoms with Gasteiger partial charge in [0, 0.05) is 5.56 Å². The largest absolute Gasteiger partial charge is 0.289 e. The predicted octanol–water partition coefficient (Wildman–Crippen LogP) is 3.71. The normalized spacial score (nSPS) is 11.0. The summed E-state index contributed by atoms with van der Waals surface area (Å²) in [5.41, 5.74) is 7.94. The lowest BCUT2D eigenvalue weighted by Crippen LogP contribution is -2.17. The van der Waals surface area contributed by atoms with Gasteiger partial charge in [-0.2, -0.15) is 10.2 Å². The number of hydrogen-bond acceptors (Lipinski definition) is 3. The Morgan fingerprint density at radius 2 is 1.88 bits per heavy atom. The van der Waals surface area contributed by atoms with E-state index in [1.54, 1.807) is 12.3 Å². The molecule has 0 unspecified atom stereocenters. The zero-order valence-corrected chi connectivity index (χ0v) is 14.3. The molecule has 1 heterocycles. The fourth-order valence-corrected chi connectivity index (χ4v) is 2.38. The Labute approximate surface area is 146 Å². The molecule has 2 aromatic carbocycles. The molecule has 25 heavy (non-hydrogen) atoms. The number of carbonyl (C=O) groups excluding carboxylic acids is 1. The molecule has 0 fully saturated rings. The van der Waals surface area contributed by atoms with E-state index in [0.29, 0.717) is 5.69 Å². The Hall–Kier alpha value is -3.21. The highest BCUT2D eigenvalue weighted by atomic mass is 16.2. The van der Waals surface area contributed by atoms with Gasteiger partial charge in [-0.1, -0.05) is 61.0 Å². The van der Waals surface area contributed by atoms with Gasteiger partial charge in [0.05, 0.1) is 11.9 Å². The van der Waals surface area contributed by atoms with Gasteiger partial charge < -0.3 is 0 Å². The van der Waals surface area contributed by atoms with E-state index in [2.05, 4.69) is 39.8 Å². The highest BCUT2D eigenvalue weighted by Crippen LogP contribution is 2.18. The van der Waals surface area contributed by atoms with Crippen LogP contribution >= 0.6 is 0 Å². The second kappa shape index (κ2) is 7.57. The highest BCUT2D eigenvalue weighted by molar-refractivity contribution is 5.94. The Kier molecular flexibility index (Phi) is 5.04. The number of benzene rings is 2. The van der Waals surface area contributed by atoms with E-state index >= 15 is 0 Å². The molecule has 5 nitrogen and oxygen atoms in total. The van der Waals surface area contributed by atoms with Crippen molar-refractivity contribution >= 4 is 12.1 Å². The summed E-state index contributed by atoms with van der Waals surface area (Å²) in [5.74, 6) is -0.327. The van der Waals surface area contributed by atoms with Gasteiger partial charge in [0.15, 0.2) is 0 Å². The van der Waals surface area contributed by atoms with Gasteiger partial charge in [0.1, 0.15) is 5.69 Å². The van der Waals surface area contributed by atoms with Crippen molar-refractivity contribution < 1.29 is 4.79 Å². The van der Waals surface area contributed by atoms with Gasteiger partial charge in [-0.25, -0.2) is 5.43 Å². The number of aromatic amines is 1. The number of carbonyl (C=O) groups is 1. The van der Waals surface area contributed by atoms with Crippen LogP contribution in [0.25, 0.3) is 11.3 Å². The van der Waals surface area contributed by atoms with Crippen LogP contribution in [0.1, 0.15) is 34.1 Å². The second-order valence-electron chi connectivity index (χ2n) is 5.83. The molecule has 3 rings (SSSR count). The van der Waals surface area contributed by atoms with E-state index in [0.717, 1.165) is 23.2 Å². The van der Waals surface area contributed by atoms with Gasteiger partial charge in [0.25, 0.3) is 5.91 Å². The molecule has 1 aromatic heterocycles. The smallest absolute Gasteiger partial charge is 0.272 e. The Morgan fingerprint density at radius 3 is 2.56 bits per heavy atom. The molecule has 0 aliphatic rings. The Morgan fingerprint density at radius 1 is 1.16 bits per heavy atom. The number of hydrogen-bond donors (Lipinski definition) is 2. The molecule has 0 saturated heterocycles. The minimum atomic E-state index is -0.327. The lowest BCUT2D eigenvalue weighted by molar-refractivity contribution is 0.0950. The molecule has 0 bridgehead atoms. The van der Waals surface area contributed by atoms with Crippen LogP contribution in [0, 0.1) is 6.92 Å². The van der Waals surface area contributed by atoms with Crippen LogP contribution in [0.2, 0.25) is 0 Å². The van der Waals surface area contributed by atoms with E-state index in [-0.39, 0.29) is 5.91 Å². The molecule has 1 amide bonds. The minimum Gasteiger partial charge on any atom is -0.272 e. The second-order valence-corrected chi connectivity index (χ2v) is 5.83. The first-order valence-corrected chi connectivity index (χ1v) is 8.20. The van der Waals surface area contributed by atoms with Crippen molar-refractivity contribution in [1.82, 2.24) is 15.6 Å². The number of hydrazone groups is 1. The molecule has 0 aliphatic carbocycles. The van der Waals surface area contributed by atoms with Gasteiger partial charge in [-0.15, -0.1) is 0 Å². The van der Waals surface area contributed by atoms with Crippen molar-refractivity contribution in [2.45, 2.75) is 20.3 Å². The summed E-state index contributed by atoms with van der Waals surface area (Å²) in [6, 6.07) is 17.7. The maximum Gasteiger partial charge on any atom is 0.289 e. The molecule has 5 heteroatoms. The van der Waals surface area contributed by atoms with Crippen molar-refractivity contribution in [3.63, 3.8) is 0 Å². The van der Waals surface area contributed by atoms with Crippen molar-refractivity contribution in [2.24, 2.45) is 5.10 Å². The molecule has 126 valence electrons. The number of amides is 1. The van der Waals surface area contributed by atoms with Crippen molar-refractivity contribution in [3.8, 4) is 11.3 Å². The highest BCUT2D eigenvalue weighted by Gasteiger charge is 2.10. The van der Waals surface area contributed by atoms with Gasteiger partial charge in [-0.05, 0) is 30.5 Å². The van der Waals surface area contributed by atoms with Crippen LogP contribution in [0.15, 0.2) is 59.7 Å². The van der Waals surface area contributed by atoms with Crippen LogP contribution < -0.4 is 5.43 Å². The first-order chi connectivity index (χ1) is 12.2. The molecule has 0 aliphatic heterocycles. The first kappa shape index (κ1) is 16.6. The SMILES string of the molecule is CCc1ccc(-c2cc(C(=O)NN=Cc3ccc(C)cc3)[nH]n2)cc1. The third-order valence-electron chi connectivity index (χ3n) is 3.94. The molecular weight excluding hydrogens is 312 g/mol.